The molecule has 0 aliphatic carbocycles. The summed E-state index contributed by atoms with van der Waals surface area (Å²) in [6.07, 6.45) is 2.16. The van der Waals surface area contributed by atoms with Gasteiger partial charge in [-0.1, -0.05) is 12.1 Å². The molecular formula is C12H15NO3. The minimum atomic E-state index is 0.412. The van der Waals surface area contributed by atoms with Crippen LogP contribution in [0.2, 0.25) is 0 Å². The highest BCUT2D eigenvalue weighted by Gasteiger charge is 2.08. The summed E-state index contributed by atoms with van der Waals surface area (Å²) < 4.78 is 10.7. The van der Waals surface area contributed by atoms with Gasteiger partial charge in [-0.25, -0.2) is 9.79 Å². The lowest BCUT2D eigenvalue weighted by Crippen LogP contribution is -2.00. The number of methoxy groups -OCH3 is 1. The van der Waals surface area contributed by atoms with E-state index in [1.165, 1.54) is 6.08 Å². The molecule has 0 heterocycles. The van der Waals surface area contributed by atoms with Gasteiger partial charge in [-0.15, -0.1) is 0 Å². The zero-order chi connectivity index (χ0) is 11.8. The molecule has 4 nitrogen and oxygen atoms in total. The molecule has 0 fully saturated rings. The van der Waals surface area contributed by atoms with E-state index in [9.17, 15) is 4.79 Å². The van der Waals surface area contributed by atoms with Crippen molar-refractivity contribution in [2.45, 2.75) is 13.3 Å². The van der Waals surface area contributed by atoms with Crippen LogP contribution < -0.4 is 9.47 Å². The molecule has 0 bridgehead atoms. The van der Waals surface area contributed by atoms with Gasteiger partial charge in [0.2, 0.25) is 6.08 Å². The van der Waals surface area contributed by atoms with Crippen LogP contribution in [0.4, 0.5) is 0 Å². The molecule has 1 rings (SSSR count). The van der Waals surface area contributed by atoms with Crippen LogP contribution in [0.1, 0.15) is 12.5 Å². The third kappa shape index (κ3) is 3.11. The molecule has 0 N–H and O–H groups in total. The quantitative estimate of drug-likeness (QED) is 0.545. The number of rotatable bonds is 6. The van der Waals surface area contributed by atoms with E-state index in [1.54, 1.807) is 7.11 Å². The fraction of sp³-hybridized carbons (Fsp3) is 0.417. The Kier molecular flexibility index (Phi) is 5.09. The molecule has 0 aliphatic rings. The minimum absolute atomic E-state index is 0.412. The van der Waals surface area contributed by atoms with E-state index < -0.39 is 0 Å². The third-order valence-electron chi connectivity index (χ3n) is 2.12. The highest BCUT2D eigenvalue weighted by atomic mass is 16.5. The number of carbonyl (C=O) groups excluding carboxylic acids is 1. The van der Waals surface area contributed by atoms with Crippen LogP contribution in [0.15, 0.2) is 23.2 Å². The van der Waals surface area contributed by atoms with Crippen molar-refractivity contribution in [2.75, 3.05) is 20.3 Å². The molecule has 0 aliphatic heterocycles. The number of nitrogens with zero attached hydrogens (tertiary/aromatic N) is 1. The Morgan fingerprint density at radius 3 is 2.88 bits per heavy atom. The van der Waals surface area contributed by atoms with Crippen LogP contribution >= 0.6 is 0 Å². The van der Waals surface area contributed by atoms with E-state index in [2.05, 4.69) is 4.99 Å². The summed E-state index contributed by atoms with van der Waals surface area (Å²) in [5, 5.41) is 0. The van der Waals surface area contributed by atoms with Gasteiger partial charge in [0.1, 0.15) is 0 Å². The first kappa shape index (κ1) is 12.3. The Balaban J connectivity index is 2.89. The standard InChI is InChI=1S/C12H15NO3/c1-3-16-11-6-4-5-10(12(11)15-2)7-8-13-9-14/h4-6H,3,7-8H2,1-2H3. The van der Waals surface area contributed by atoms with Gasteiger partial charge in [0.15, 0.2) is 11.5 Å². The molecule has 0 radical (unpaired) electrons. The number of hydrogen-bond acceptors (Lipinski definition) is 4. The van der Waals surface area contributed by atoms with Crippen molar-refractivity contribution in [3.05, 3.63) is 23.8 Å². The fourth-order valence-corrected chi connectivity index (χ4v) is 1.48. The first-order valence-electron chi connectivity index (χ1n) is 5.15. The molecule has 0 spiro atoms. The molecule has 16 heavy (non-hydrogen) atoms. The zero-order valence-corrected chi connectivity index (χ0v) is 9.53. The minimum Gasteiger partial charge on any atom is -0.493 e. The molecule has 0 saturated heterocycles. The number of ether oxygens (including phenoxy) is 2. The van der Waals surface area contributed by atoms with Crippen LogP contribution in [-0.4, -0.2) is 26.3 Å². The number of para-hydroxylation sites is 1. The van der Waals surface area contributed by atoms with E-state index in [0.717, 1.165) is 11.3 Å². The lowest BCUT2D eigenvalue weighted by atomic mass is 10.1. The van der Waals surface area contributed by atoms with Gasteiger partial charge in [0, 0.05) is 0 Å². The second kappa shape index (κ2) is 6.64. The molecule has 0 atom stereocenters. The SMILES string of the molecule is CCOc1cccc(CCN=C=O)c1OC. The first-order valence-corrected chi connectivity index (χ1v) is 5.15. The molecule has 86 valence electrons. The highest BCUT2D eigenvalue weighted by molar-refractivity contribution is 5.47. The Hall–Kier alpha value is -1.80. The van der Waals surface area contributed by atoms with E-state index in [4.69, 9.17) is 9.47 Å². The Bertz CT molecular complexity index is 384. The summed E-state index contributed by atoms with van der Waals surface area (Å²) in [7, 11) is 1.60. The fourth-order valence-electron chi connectivity index (χ4n) is 1.48. The van der Waals surface area contributed by atoms with Crippen molar-refractivity contribution < 1.29 is 14.3 Å². The number of isocyanates is 1. The maximum absolute atomic E-state index is 9.97. The second-order valence-electron chi connectivity index (χ2n) is 3.10. The summed E-state index contributed by atoms with van der Waals surface area (Å²) in [4.78, 5) is 13.5. The monoisotopic (exact) mass is 221 g/mol. The van der Waals surface area contributed by atoms with Gasteiger partial charge in [0.05, 0.1) is 20.3 Å². The van der Waals surface area contributed by atoms with Crippen LogP contribution in [0, 0.1) is 0 Å². The van der Waals surface area contributed by atoms with Crippen molar-refractivity contribution in [1.29, 1.82) is 0 Å². The van der Waals surface area contributed by atoms with E-state index in [1.807, 2.05) is 25.1 Å². The van der Waals surface area contributed by atoms with Crippen molar-refractivity contribution >= 4 is 6.08 Å². The molecule has 0 aromatic heterocycles. The Labute approximate surface area is 94.9 Å². The van der Waals surface area contributed by atoms with E-state index in [0.29, 0.717) is 25.3 Å². The van der Waals surface area contributed by atoms with Gasteiger partial charge in [-0.05, 0) is 25.0 Å². The van der Waals surface area contributed by atoms with Crippen LogP contribution in [0.3, 0.4) is 0 Å². The topological polar surface area (TPSA) is 47.9 Å². The largest absolute Gasteiger partial charge is 0.493 e. The lowest BCUT2D eigenvalue weighted by Gasteiger charge is -2.12. The summed E-state index contributed by atoms with van der Waals surface area (Å²) in [6.45, 7) is 2.92. The molecular weight excluding hydrogens is 206 g/mol. The summed E-state index contributed by atoms with van der Waals surface area (Å²) >= 11 is 0. The average molecular weight is 221 g/mol. The van der Waals surface area contributed by atoms with Gasteiger partial charge in [-0.2, -0.15) is 0 Å². The molecule has 1 aromatic carbocycles. The van der Waals surface area contributed by atoms with Gasteiger partial charge in [0.25, 0.3) is 0 Å². The third-order valence-corrected chi connectivity index (χ3v) is 2.12. The Morgan fingerprint density at radius 1 is 1.44 bits per heavy atom. The molecule has 0 unspecified atom stereocenters. The maximum Gasteiger partial charge on any atom is 0.234 e. The van der Waals surface area contributed by atoms with Crippen LogP contribution in [0.5, 0.6) is 11.5 Å². The van der Waals surface area contributed by atoms with Gasteiger partial charge < -0.3 is 9.47 Å². The van der Waals surface area contributed by atoms with Crippen molar-refractivity contribution in [1.82, 2.24) is 0 Å². The van der Waals surface area contributed by atoms with Crippen LogP contribution in [-0.2, 0) is 11.2 Å². The lowest BCUT2D eigenvalue weighted by molar-refractivity contribution is 0.309. The number of aliphatic imine (C=N–C) groups is 1. The maximum atomic E-state index is 9.97. The second-order valence-corrected chi connectivity index (χ2v) is 3.10. The van der Waals surface area contributed by atoms with Crippen molar-refractivity contribution in [3.63, 3.8) is 0 Å². The van der Waals surface area contributed by atoms with Crippen molar-refractivity contribution in [3.8, 4) is 11.5 Å². The van der Waals surface area contributed by atoms with E-state index in [-0.39, 0.29) is 0 Å². The number of benzene rings is 1. The van der Waals surface area contributed by atoms with Crippen LogP contribution in [0.25, 0.3) is 0 Å². The normalized spacial score (nSPS) is 9.38. The van der Waals surface area contributed by atoms with E-state index >= 15 is 0 Å². The highest BCUT2D eigenvalue weighted by Crippen LogP contribution is 2.31. The zero-order valence-electron chi connectivity index (χ0n) is 9.53. The number of hydrogen-bond donors (Lipinski definition) is 0. The average Bonchev–Trinajstić information content (AvgIpc) is 2.30. The Morgan fingerprint density at radius 2 is 2.25 bits per heavy atom. The van der Waals surface area contributed by atoms with Crippen molar-refractivity contribution in [2.24, 2.45) is 4.99 Å². The predicted octanol–water partition coefficient (Wildman–Crippen LogP) is 1.97. The molecule has 1 aromatic rings. The van der Waals surface area contributed by atoms with Gasteiger partial charge >= 0.3 is 0 Å². The molecule has 4 heteroatoms. The molecule has 0 amide bonds. The van der Waals surface area contributed by atoms with Gasteiger partial charge in [-0.3, -0.25) is 0 Å². The predicted molar refractivity (Wildman–Crippen MR) is 60.9 cm³/mol. The summed E-state index contributed by atoms with van der Waals surface area (Å²) in [6, 6.07) is 5.68. The molecule has 0 saturated carbocycles. The smallest absolute Gasteiger partial charge is 0.234 e. The summed E-state index contributed by atoms with van der Waals surface area (Å²) in [5.74, 6) is 1.43. The first-order chi connectivity index (χ1) is 7.83. The summed E-state index contributed by atoms with van der Waals surface area (Å²) in [5.41, 5.74) is 0.979.